The highest BCUT2D eigenvalue weighted by Crippen LogP contribution is 2.39. The minimum absolute atomic E-state index is 0.315. The Bertz CT molecular complexity index is 1160. The zero-order chi connectivity index (χ0) is 17.8. The second kappa shape index (κ2) is 5.72. The first-order valence-electron chi connectivity index (χ1n) is 8.30. The van der Waals surface area contributed by atoms with Gasteiger partial charge in [-0.2, -0.15) is 0 Å². The Hall–Kier alpha value is -2.57. The molecule has 2 aromatic heterocycles. The monoisotopic (exact) mass is 382 g/mol. The number of rotatable bonds is 2. The lowest BCUT2D eigenvalue weighted by molar-refractivity contribution is -0.119. The number of carbonyl (C=O) groups is 1. The van der Waals surface area contributed by atoms with E-state index >= 15 is 0 Å². The number of halogens is 1. The number of para-hydroxylation sites is 1. The second-order valence-electron chi connectivity index (χ2n) is 6.51. The van der Waals surface area contributed by atoms with Crippen molar-refractivity contribution in [1.82, 2.24) is 9.97 Å². The van der Waals surface area contributed by atoms with Crippen molar-refractivity contribution >= 4 is 55.1 Å². The first-order valence-corrected chi connectivity index (χ1v) is 9.49. The third kappa shape index (κ3) is 2.37. The molecule has 5 nitrogen and oxygen atoms in total. The summed E-state index contributed by atoms with van der Waals surface area (Å²) in [6.07, 6.45) is 0. The summed E-state index contributed by atoms with van der Waals surface area (Å²) in [5.41, 5.74) is 9.74. The van der Waals surface area contributed by atoms with Gasteiger partial charge < -0.3 is 15.6 Å². The molecule has 0 aliphatic carbocycles. The number of primary amides is 1. The van der Waals surface area contributed by atoms with Gasteiger partial charge in [0.05, 0.1) is 22.7 Å². The van der Waals surface area contributed by atoms with Crippen molar-refractivity contribution in [3.05, 3.63) is 58.7 Å². The Kier molecular flexibility index (Phi) is 3.45. The molecule has 7 heteroatoms. The second-order valence-corrected chi connectivity index (χ2v) is 7.95. The van der Waals surface area contributed by atoms with Gasteiger partial charge in [0.15, 0.2) is 5.13 Å². The minimum Gasteiger partial charge on any atom is -0.369 e. The number of carbonyl (C=O) groups excluding carboxylic acids is 1. The molecule has 4 aromatic rings. The lowest BCUT2D eigenvalue weighted by Gasteiger charge is -2.31. The van der Waals surface area contributed by atoms with E-state index in [-0.39, 0.29) is 11.8 Å². The summed E-state index contributed by atoms with van der Waals surface area (Å²) < 4.78 is 1.03. The number of aromatic amines is 1. The molecule has 1 unspecified atom stereocenters. The average molecular weight is 383 g/mol. The van der Waals surface area contributed by atoms with E-state index in [1.54, 1.807) is 11.3 Å². The summed E-state index contributed by atoms with van der Waals surface area (Å²) in [6.45, 7) is 1.19. The van der Waals surface area contributed by atoms with E-state index in [0.29, 0.717) is 18.1 Å². The Morgan fingerprint density at radius 2 is 2.15 bits per heavy atom. The zero-order valence-electron chi connectivity index (χ0n) is 13.7. The molecule has 0 fully saturated rings. The molecule has 1 aliphatic heterocycles. The molecule has 5 rings (SSSR count). The Balaban J connectivity index is 1.62. The predicted molar refractivity (Wildman–Crippen MR) is 106 cm³/mol. The van der Waals surface area contributed by atoms with Crippen LogP contribution < -0.4 is 10.6 Å². The molecule has 3 heterocycles. The molecule has 0 spiro atoms. The number of aromatic nitrogens is 2. The molecule has 2 aromatic carbocycles. The summed E-state index contributed by atoms with van der Waals surface area (Å²) >= 11 is 7.67. The highest BCUT2D eigenvalue weighted by atomic mass is 35.5. The van der Waals surface area contributed by atoms with Crippen molar-refractivity contribution in [2.24, 2.45) is 5.73 Å². The van der Waals surface area contributed by atoms with Crippen molar-refractivity contribution in [1.29, 1.82) is 0 Å². The predicted octanol–water partition coefficient (Wildman–Crippen LogP) is 4.02. The normalized spacial score (nSPS) is 17.0. The summed E-state index contributed by atoms with van der Waals surface area (Å²) in [5, 5.41) is 2.64. The van der Waals surface area contributed by atoms with Crippen LogP contribution in [0.2, 0.25) is 5.02 Å². The van der Waals surface area contributed by atoms with Crippen molar-refractivity contribution in [2.45, 2.75) is 12.5 Å². The van der Waals surface area contributed by atoms with E-state index in [9.17, 15) is 4.79 Å². The molecule has 130 valence electrons. The first-order chi connectivity index (χ1) is 12.6. The fraction of sp³-hybridized carbons (Fsp3) is 0.158. The van der Waals surface area contributed by atoms with Crippen LogP contribution in [0.25, 0.3) is 21.1 Å². The lowest BCUT2D eigenvalue weighted by Crippen LogP contribution is -2.39. The maximum Gasteiger partial charge on any atom is 0.226 e. The molecular formula is C19H15ClN4OS. The van der Waals surface area contributed by atoms with Crippen LogP contribution in [0.4, 0.5) is 5.13 Å². The van der Waals surface area contributed by atoms with Crippen LogP contribution in [0, 0.1) is 0 Å². The number of nitrogens with one attached hydrogen (secondary N) is 1. The van der Waals surface area contributed by atoms with Crippen LogP contribution in [0.5, 0.6) is 0 Å². The van der Waals surface area contributed by atoms with Crippen LogP contribution in [0.1, 0.15) is 17.2 Å². The quantitative estimate of drug-likeness (QED) is 0.549. The molecule has 0 bridgehead atoms. The third-order valence-corrected chi connectivity index (χ3v) is 6.20. The number of hydrogen-bond donors (Lipinski definition) is 2. The van der Waals surface area contributed by atoms with E-state index < -0.39 is 0 Å². The number of nitrogens with zero attached hydrogens (tertiary/aromatic N) is 2. The molecular weight excluding hydrogens is 368 g/mol. The highest BCUT2D eigenvalue weighted by molar-refractivity contribution is 7.22. The SMILES string of the molecule is NC(=O)C1CN(c2nc3ccc(Cl)cc3s2)Cc2[nH]c3ccccc3c21. The van der Waals surface area contributed by atoms with Crippen LogP contribution in [0.3, 0.4) is 0 Å². The highest BCUT2D eigenvalue weighted by Gasteiger charge is 2.33. The van der Waals surface area contributed by atoms with Gasteiger partial charge in [-0.15, -0.1) is 0 Å². The standard InChI is InChI=1S/C19H15ClN4OS/c20-10-5-6-14-16(7-10)26-19(23-14)24-8-12(18(21)25)17-11-3-1-2-4-13(11)22-15(17)9-24/h1-7,12,22H,8-9H2,(H2,21,25). The van der Waals surface area contributed by atoms with Crippen LogP contribution in [-0.4, -0.2) is 22.4 Å². The average Bonchev–Trinajstić information content (AvgIpc) is 3.21. The molecule has 1 atom stereocenters. The number of amides is 1. The van der Waals surface area contributed by atoms with Crippen molar-refractivity contribution in [3.63, 3.8) is 0 Å². The van der Waals surface area contributed by atoms with E-state index in [2.05, 4.69) is 9.88 Å². The van der Waals surface area contributed by atoms with Crippen LogP contribution >= 0.6 is 22.9 Å². The van der Waals surface area contributed by atoms with Gasteiger partial charge in [0.1, 0.15) is 0 Å². The van der Waals surface area contributed by atoms with Crippen molar-refractivity contribution in [3.8, 4) is 0 Å². The van der Waals surface area contributed by atoms with E-state index in [4.69, 9.17) is 22.3 Å². The molecule has 1 aliphatic rings. The van der Waals surface area contributed by atoms with E-state index in [1.165, 1.54) is 0 Å². The summed E-state index contributed by atoms with van der Waals surface area (Å²) in [4.78, 5) is 22.5. The van der Waals surface area contributed by atoms with Gasteiger partial charge in [0.2, 0.25) is 5.91 Å². The minimum atomic E-state index is -0.370. The van der Waals surface area contributed by atoms with Crippen molar-refractivity contribution in [2.75, 3.05) is 11.4 Å². The first kappa shape index (κ1) is 15.7. The zero-order valence-corrected chi connectivity index (χ0v) is 15.3. The van der Waals surface area contributed by atoms with E-state index in [1.807, 2.05) is 42.5 Å². The summed E-state index contributed by atoms with van der Waals surface area (Å²) in [6, 6.07) is 13.7. The van der Waals surface area contributed by atoms with Gasteiger partial charge in [-0.3, -0.25) is 4.79 Å². The Morgan fingerprint density at radius 3 is 3.00 bits per heavy atom. The molecule has 0 saturated heterocycles. The number of anilines is 1. The maximum atomic E-state index is 12.2. The van der Waals surface area contributed by atoms with Crippen molar-refractivity contribution < 1.29 is 4.79 Å². The number of H-pyrrole nitrogens is 1. The number of hydrogen-bond acceptors (Lipinski definition) is 4. The van der Waals surface area contributed by atoms with Gasteiger partial charge in [-0.05, 0) is 29.8 Å². The fourth-order valence-electron chi connectivity index (χ4n) is 3.71. The van der Waals surface area contributed by atoms with Crippen LogP contribution in [0.15, 0.2) is 42.5 Å². The molecule has 0 saturated carbocycles. The van der Waals surface area contributed by atoms with E-state index in [0.717, 1.165) is 37.5 Å². The molecule has 0 radical (unpaired) electrons. The Morgan fingerprint density at radius 1 is 1.31 bits per heavy atom. The van der Waals surface area contributed by atoms with Gasteiger partial charge in [0.25, 0.3) is 0 Å². The number of fused-ring (bicyclic) bond motifs is 4. The topological polar surface area (TPSA) is 75.0 Å². The Labute approximate surface area is 158 Å². The number of thiazole rings is 1. The largest absolute Gasteiger partial charge is 0.369 e. The summed E-state index contributed by atoms with van der Waals surface area (Å²) in [5.74, 6) is -0.685. The third-order valence-electron chi connectivity index (χ3n) is 4.88. The molecule has 1 amide bonds. The van der Waals surface area contributed by atoms with Gasteiger partial charge in [0, 0.05) is 28.2 Å². The summed E-state index contributed by atoms with van der Waals surface area (Å²) in [7, 11) is 0. The maximum absolute atomic E-state index is 12.2. The van der Waals surface area contributed by atoms with Gasteiger partial charge in [-0.1, -0.05) is 41.1 Å². The number of benzene rings is 2. The van der Waals surface area contributed by atoms with Gasteiger partial charge >= 0.3 is 0 Å². The van der Waals surface area contributed by atoms with Crippen LogP contribution in [-0.2, 0) is 11.3 Å². The smallest absolute Gasteiger partial charge is 0.226 e. The molecule has 3 N–H and O–H groups in total. The fourth-order valence-corrected chi connectivity index (χ4v) is 4.96. The number of nitrogens with two attached hydrogens (primary N) is 1. The molecule has 26 heavy (non-hydrogen) atoms. The lowest BCUT2D eigenvalue weighted by atomic mass is 9.91. The van der Waals surface area contributed by atoms with Gasteiger partial charge in [-0.25, -0.2) is 4.98 Å².